The standard InChI is InChI=1S/C10H15IO3/c1-5-8(10(12)13-4)7(3)14-9(5)6(2)11/h5-6,9H,1-4H3/t5-,6-,9+/m1/s1. The van der Waals surface area contributed by atoms with E-state index in [1.165, 1.54) is 7.11 Å². The second-order valence-corrected chi connectivity index (χ2v) is 5.47. The molecule has 1 heterocycles. The zero-order valence-corrected chi connectivity index (χ0v) is 11.0. The molecule has 0 aromatic rings. The van der Waals surface area contributed by atoms with Gasteiger partial charge in [0.05, 0.1) is 12.7 Å². The Kier molecular flexibility index (Phi) is 3.80. The molecule has 0 fully saturated rings. The average Bonchev–Trinajstić information content (AvgIpc) is 2.41. The van der Waals surface area contributed by atoms with Crippen molar-refractivity contribution in [1.29, 1.82) is 0 Å². The van der Waals surface area contributed by atoms with Gasteiger partial charge in [-0.1, -0.05) is 29.5 Å². The third-order valence-corrected chi connectivity index (χ3v) is 3.21. The summed E-state index contributed by atoms with van der Waals surface area (Å²) < 4.78 is 10.7. The van der Waals surface area contributed by atoms with E-state index in [1.807, 2.05) is 13.8 Å². The van der Waals surface area contributed by atoms with Crippen LogP contribution < -0.4 is 0 Å². The molecule has 4 heteroatoms. The van der Waals surface area contributed by atoms with E-state index < -0.39 is 0 Å². The van der Waals surface area contributed by atoms with E-state index >= 15 is 0 Å². The van der Waals surface area contributed by atoms with Crippen molar-refractivity contribution >= 4 is 28.6 Å². The Morgan fingerprint density at radius 1 is 1.64 bits per heavy atom. The number of halogens is 1. The molecule has 80 valence electrons. The van der Waals surface area contributed by atoms with Gasteiger partial charge in [0, 0.05) is 9.84 Å². The number of hydrogen-bond acceptors (Lipinski definition) is 3. The zero-order valence-electron chi connectivity index (χ0n) is 8.83. The van der Waals surface area contributed by atoms with Crippen molar-refractivity contribution in [1.82, 2.24) is 0 Å². The minimum Gasteiger partial charge on any atom is -0.493 e. The van der Waals surface area contributed by atoms with Gasteiger partial charge in [-0.3, -0.25) is 0 Å². The molecule has 14 heavy (non-hydrogen) atoms. The number of carbonyl (C=O) groups is 1. The maximum atomic E-state index is 11.4. The van der Waals surface area contributed by atoms with Gasteiger partial charge in [0.2, 0.25) is 0 Å². The lowest BCUT2D eigenvalue weighted by Crippen LogP contribution is -2.26. The van der Waals surface area contributed by atoms with Gasteiger partial charge in [-0.05, 0) is 13.8 Å². The minimum atomic E-state index is -0.269. The molecule has 0 spiro atoms. The van der Waals surface area contributed by atoms with E-state index in [0.29, 0.717) is 15.3 Å². The van der Waals surface area contributed by atoms with Crippen LogP contribution in [0.4, 0.5) is 0 Å². The summed E-state index contributed by atoms with van der Waals surface area (Å²) in [6, 6.07) is 0. The number of esters is 1. The number of rotatable bonds is 2. The zero-order chi connectivity index (χ0) is 10.9. The van der Waals surface area contributed by atoms with Gasteiger partial charge >= 0.3 is 5.97 Å². The van der Waals surface area contributed by atoms with E-state index in [0.717, 1.165) is 0 Å². The molecule has 0 bridgehead atoms. The summed E-state index contributed by atoms with van der Waals surface area (Å²) in [6.45, 7) is 5.90. The van der Waals surface area contributed by atoms with Crippen molar-refractivity contribution in [2.24, 2.45) is 5.92 Å². The van der Waals surface area contributed by atoms with Crippen molar-refractivity contribution in [2.75, 3.05) is 7.11 Å². The first-order valence-corrected chi connectivity index (χ1v) is 5.83. The van der Waals surface area contributed by atoms with Crippen molar-refractivity contribution in [2.45, 2.75) is 30.8 Å². The normalized spacial score (nSPS) is 28.6. The number of carbonyl (C=O) groups excluding carboxylic acids is 1. The fourth-order valence-corrected chi connectivity index (χ4v) is 2.56. The summed E-state index contributed by atoms with van der Waals surface area (Å²) in [5.74, 6) is 0.557. The Balaban J connectivity index is 2.86. The first-order chi connectivity index (χ1) is 6.49. The van der Waals surface area contributed by atoms with Crippen LogP contribution in [0.1, 0.15) is 20.8 Å². The molecule has 0 saturated heterocycles. The first kappa shape index (κ1) is 11.8. The Labute approximate surface area is 98.0 Å². The van der Waals surface area contributed by atoms with E-state index in [4.69, 9.17) is 9.47 Å². The van der Waals surface area contributed by atoms with Gasteiger partial charge in [0.15, 0.2) is 0 Å². The van der Waals surface area contributed by atoms with Crippen molar-refractivity contribution in [3.05, 3.63) is 11.3 Å². The topological polar surface area (TPSA) is 35.5 Å². The maximum absolute atomic E-state index is 11.4. The Bertz CT molecular complexity index is 271. The van der Waals surface area contributed by atoms with Crippen molar-refractivity contribution < 1.29 is 14.3 Å². The van der Waals surface area contributed by atoms with Gasteiger partial charge in [-0.2, -0.15) is 0 Å². The summed E-state index contributed by atoms with van der Waals surface area (Å²) in [6.07, 6.45) is 0.0877. The van der Waals surface area contributed by atoms with E-state index in [2.05, 4.69) is 29.5 Å². The molecular weight excluding hydrogens is 295 g/mol. The van der Waals surface area contributed by atoms with Crippen LogP contribution in [0.25, 0.3) is 0 Å². The molecule has 3 atom stereocenters. The monoisotopic (exact) mass is 310 g/mol. The van der Waals surface area contributed by atoms with Crippen LogP contribution in [-0.2, 0) is 14.3 Å². The van der Waals surface area contributed by atoms with E-state index in [-0.39, 0.29) is 18.0 Å². The molecule has 1 rings (SSSR count). The first-order valence-electron chi connectivity index (χ1n) is 4.58. The highest BCUT2D eigenvalue weighted by molar-refractivity contribution is 14.1. The lowest BCUT2D eigenvalue weighted by Gasteiger charge is -2.19. The molecule has 0 saturated carbocycles. The van der Waals surface area contributed by atoms with Gasteiger partial charge in [0.25, 0.3) is 0 Å². The van der Waals surface area contributed by atoms with Crippen molar-refractivity contribution in [3.8, 4) is 0 Å². The van der Waals surface area contributed by atoms with E-state index in [9.17, 15) is 4.79 Å². The molecule has 1 aliphatic rings. The molecule has 0 radical (unpaired) electrons. The number of alkyl halides is 1. The molecule has 0 aromatic heterocycles. The summed E-state index contributed by atoms with van der Waals surface area (Å²) >= 11 is 2.31. The van der Waals surface area contributed by atoms with Crippen LogP contribution in [0.15, 0.2) is 11.3 Å². The van der Waals surface area contributed by atoms with Gasteiger partial charge in [-0.25, -0.2) is 4.79 Å². The second-order valence-electron chi connectivity index (χ2n) is 3.51. The van der Waals surface area contributed by atoms with Gasteiger partial charge < -0.3 is 9.47 Å². The highest BCUT2D eigenvalue weighted by Gasteiger charge is 2.38. The number of ether oxygens (including phenoxy) is 2. The maximum Gasteiger partial charge on any atom is 0.337 e. The van der Waals surface area contributed by atoms with Crippen LogP contribution >= 0.6 is 22.6 Å². The number of allylic oxidation sites excluding steroid dienone is 1. The number of methoxy groups -OCH3 is 1. The molecule has 0 amide bonds. The predicted molar refractivity (Wildman–Crippen MR) is 62.2 cm³/mol. The quantitative estimate of drug-likeness (QED) is 0.446. The van der Waals surface area contributed by atoms with Crippen LogP contribution in [0.2, 0.25) is 0 Å². The largest absolute Gasteiger partial charge is 0.493 e. The summed E-state index contributed by atoms with van der Waals surface area (Å²) in [4.78, 5) is 11.4. The fourth-order valence-electron chi connectivity index (χ4n) is 1.79. The molecule has 0 N–H and O–H groups in total. The molecule has 3 nitrogen and oxygen atoms in total. The van der Waals surface area contributed by atoms with Crippen LogP contribution in [0.3, 0.4) is 0 Å². The second kappa shape index (κ2) is 4.51. The lowest BCUT2D eigenvalue weighted by molar-refractivity contribution is -0.136. The molecule has 0 unspecified atom stereocenters. The van der Waals surface area contributed by atoms with Crippen LogP contribution in [0, 0.1) is 5.92 Å². The third-order valence-electron chi connectivity index (χ3n) is 2.50. The average molecular weight is 310 g/mol. The minimum absolute atomic E-state index is 0.0877. The third kappa shape index (κ3) is 2.04. The molecular formula is C10H15IO3. The summed E-state index contributed by atoms with van der Waals surface area (Å²) in [5.41, 5.74) is 0.681. The summed E-state index contributed by atoms with van der Waals surface area (Å²) in [5, 5.41) is 0. The lowest BCUT2D eigenvalue weighted by atomic mass is 9.95. The Morgan fingerprint density at radius 3 is 2.57 bits per heavy atom. The van der Waals surface area contributed by atoms with E-state index in [1.54, 1.807) is 0 Å². The highest BCUT2D eigenvalue weighted by Crippen LogP contribution is 2.35. The molecule has 1 aliphatic heterocycles. The molecule has 0 aliphatic carbocycles. The SMILES string of the molecule is COC(=O)C1=C(C)O[C@H]([C@@H](C)I)[C@@H]1C. The predicted octanol–water partition coefficient (Wildman–Crippen LogP) is 2.29. The number of hydrogen-bond donors (Lipinski definition) is 0. The molecule has 0 aromatic carbocycles. The Hall–Kier alpha value is -0.260. The van der Waals surface area contributed by atoms with Crippen LogP contribution in [-0.4, -0.2) is 23.1 Å². The smallest absolute Gasteiger partial charge is 0.337 e. The summed E-state index contributed by atoms with van der Waals surface area (Å²) in [7, 11) is 1.40. The highest BCUT2D eigenvalue weighted by atomic mass is 127. The fraction of sp³-hybridized carbons (Fsp3) is 0.700. The van der Waals surface area contributed by atoms with Gasteiger partial charge in [-0.15, -0.1) is 0 Å². The van der Waals surface area contributed by atoms with Crippen LogP contribution in [0.5, 0.6) is 0 Å². The van der Waals surface area contributed by atoms with Gasteiger partial charge in [0.1, 0.15) is 11.9 Å². The van der Waals surface area contributed by atoms with Crippen molar-refractivity contribution in [3.63, 3.8) is 0 Å². The Morgan fingerprint density at radius 2 is 2.21 bits per heavy atom.